The van der Waals surface area contributed by atoms with Crippen molar-refractivity contribution in [3.63, 3.8) is 0 Å². The van der Waals surface area contributed by atoms with Crippen LogP contribution in [0, 0.1) is 0 Å². The second-order valence-electron chi connectivity index (χ2n) is 6.07. The second kappa shape index (κ2) is 7.79. The summed E-state index contributed by atoms with van der Waals surface area (Å²) in [6.07, 6.45) is -7.39. The summed E-state index contributed by atoms with van der Waals surface area (Å²) in [5.74, 6) is -1.38. The third kappa shape index (κ3) is 4.52. The zero-order valence-corrected chi connectivity index (χ0v) is 15.0. The fourth-order valence-corrected chi connectivity index (χ4v) is 3.78. The molecule has 13 heteroatoms. The summed E-state index contributed by atoms with van der Waals surface area (Å²) < 4.78 is 77.5. The Labute approximate surface area is 159 Å². The zero-order chi connectivity index (χ0) is 20.5. The van der Waals surface area contributed by atoms with E-state index in [9.17, 15) is 26.3 Å². The molecule has 3 rings (SSSR count). The molecule has 0 unspecified atom stereocenters. The van der Waals surface area contributed by atoms with Crippen LogP contribution in [0.5, 0.6) is 0 Å². The zero-order valence-electron chi connectivity index (χ0n) is 14.2. The van der Waals surface area contributed by atoms with Gasteiger partial charge in [-0.05, 0) is 6.42 Å². The number of halogens is 6. The summed E-state index contributed by atoms with van der Waals surface area (Å²) in [4.78, 5) is 11.7. The molecule has 0 amide bonds. The molecule has 0 saturated carbocycles. The number of hydrogen-bond acceptors (Lipinski definition) is 7. The highest BCUT2D eigenvalue weighted by atomic mass is 32.1. The van der Waals surface area contributed by atoms with Crippen LogP contribution in [0.1, 0.15) is 17.3 Å². The Hall–Kier alpha value is -1.99. The second-order valence-corrected chi connectivity index (χ2v) is 7.05. The highest BCUT2D eigenvalue weighted by Gasteiger charge is 2.38. The van der Waals surface area contributed by atoms with Crippen molar-refractivity contribution in [1.29, 1.82) is 0 Å². The van der Waals surface area contributed by atoms with E-state index in [1.54, 1.807) is 4.90 Å². The number of nitrogens with zero attached hydrogens (tertiary/aromatic N) is 4. The van der Waals surface area contributed by atoms with Crippen molar-refractivity contribution >= 4 is 16.3 Å². The third-order valence-electron chi connectivity index (χ3n) is 4.05. The van der Waals surface area contributed by atoms with E-state index in [0.29, 0.717) is 37.4 Å². The minimum atomic E-state index is -4.75. The number of aliphatic hydroxyl groups is 1. The Morgan fingerprint density at radius 3 is 2.39 bits per heavy atom. The van der Waals surface area contributed by atoms with Gasteiger partial charge in [-0.1, -0.05) is 11.3 Å². The smallest absolute Gasteiger partial charge is 0.396 e. The van der Waals surface area contributed by atoms with Gasteiger partial charge in [0.25, 0.3) is 0 Å². The molecule has 2 aromatic rings. The van der Waals surface area contributed by atoms with Crippen LogP contribution < -0.4 is 10.2 Å². The monoisotopic (exact) mass is 427 g/mol. The van der Waals surface area contributed by atoms with Gasteiger partial charge in [-0.15, -0.1) is 0 Å². The molecule has 28 heavy (non-hydrogen) atoms. The van der Waals surface area contributed by atoms with E-state index >= 15 is 0 Å². The van der Waals surface area contributed by atoms with Crippen LogP contribution in [0.3, 0.4) is 0 Å². The lowest BCUT2D eigenvalue weighted by Crippen LogP contribution is -2.51. The minimum Gasteiger partial charge on any atom is -0.396 e. The van der Waals surface area contributed by atoms with E-state index in [1.165, 1.54) is 0 Å². The van der Waals surface area contributed by atoms with Crippen LogP contribution in [0.25, 0.3) is 11.3 Å². The van der Waals surface area contributed by atoms with E-state index in [0.717, 1.165) is 12.4 Å². The Balaban J connectivity index is 1.99. The molecule has 2 N–H and O–H groups in total. The average molecular weight is 427 g/mol. The molecule has 0 spiro atoms. The summed E-state index contributed by atoms with van der Waals surface area (Å²) >= 11 is 0.419. The molecule has 3 heterocycles. The van der Waals surface area contributed by atoms with E-state index < -0.39 is 23.2 Å². The van der Waals surface area contributed by atoms with Gasteiger partial charge in [-0.2, -0.15) is 26.3 Å². The molecule has 0 aliphatic carbocycles. The van der Waals surface area contributed by atoms with E-state index in [-0.39, 0.29) is 28.9 Å². The summed E-state index contributed by atoms with van der Waals surface area (Å²) in [5, 5.41) is 11.3. The van der Waals surface area contributed by atoms with Gasteiger partial charge >= 0.3 is 12.4 Å². The van der Waals surface area contributed by atoms with Crippen LogP contribution in [-0.4, -0.2) is 52.3 Å². The van der Waals surface area contributed by atoms with Gasteiger partial charge in [0, 0.05) is 50.2 Å². The molecule has 1 saturated heterocycles. The van der Waals surface area contributed by atoms with Gasteiger partial charge in [0.05, 0.1) is 0 Å². The van der Waals surface area contributed by atoms with E-state index in [2.05, 4.69) is 20.3 Å². The Morgan fingerprint density at radius 2 is 1.82 bits per heavy atom. The SMILES string of the molecule is OCC[C@H]1CN(c2sc(C(F)(F)F)nc2-c2cnc(C(F)(F)F)nc2)CCN1. The number of aliphatic hydroxyl groups excluding tert-OH is 1. The van der Waals surface area contributed by atoms with Crippen molar-refractivity contribution in [2.24, 2.45) is 0 Å². The van der Waals surface area contributed by atoms with Gasteiger partial charge in [0.15, 0.2) is 0 Å². The van der Waals surface area contributed by atoms with Crippen LogP contribution in [-0.2, 0) is 12.4 Å². The van der Waals surface area contributed by atoms with Crippen LogP contribution in [0.2, 0.25) is 0 Å². The fourth-order valence-electron chi connectivity index (χ4n) is 2.79. The molecule has 0 bridgehead atoms. The first-order valence-electron chi connectivity index (χ1n) is 8.16. The summed E-state index contributed by atoms with van der Waals surface area (Å²) in [5.41, 5.74) is -0.150. The quantitative estimate of drug-likeness (QED) is 0.732. The number of rotatable bonds is 4. The predicted molar refractivity (Wildman–Crippen MR) is 88.9 cm³/mol. The lowest BCUT2D eigenvalue weighted by Gasteiger charge is -2.34. The van der Waals surface area contributed by atoms with Gasteiger partial charge in [0.1, 0.15) is 10.7 Å². The van der Waals surface area contributed by atoms with Crippen molar-refractivity contribution < 1.29 is 31.4 Å². The molecule has 1 aliphatic heterocycles. The van der Waals surface area contributed by atoms with Crippen molar-refractivity contribution in [3.8, 4) is 11.3 Å². The first-order valence-corrected chi connectivity index (χ1v) is 8.98. The molecule has 2 aromatic heterocycles. The van der Waals surface area contributed by atoms with Crippen molar-refractivity contribution in [2.75, 3.05) is 31.1 Å². The maximum Gasteiger partial charge on any atom is 0.451 e. The predicted octanol–water partition coefficient (Wildman–Crippen LogP) is 2.80. The molecule has 1 atom stereocenters. The number of piperazine rings is 1. The molecule has 1 aliphatic rings. The third-order valence-corrected chi connectivity index (χ3v) is 5.21. The van der Waals surface area contributed by atoms with Crippen LogP contribution >= 0.6 is 11.3 Å². The largest absolute Gasteiger partial charge is 0.451 e. The molecular formula is C15H15F6N5OS. The number of hydrogen-bond donors (Lipinski definition) is 2. The van der Waals surface area contributed by atoms with Crippen LogP contribution in [0.4, 0.5) is 31.3 Å². The van der Waals surface area contributed by atoms with Crippen molar-refractivity contribution in [1.82, 2.24) is 20.3 Å². The standard InChI is InChI=1S/C15H15F6N5OS/c16-14(17,18)12-23-5-8(6-24-12)10-11(28-13(25-10)15(19,20)21)26-3-2-22-9(7-26)1-4-27/h5-6,9,22,27H,1-4,7H2/t9-/m0/s1. The number of thiazole rings is 1. The summed E-state index contributed by atoms with van der Waals surface area (Å²) in [7, 11) is 0. The number of anilines is 1. The molecule has 0 radical (unpaired) electrons. The summed E-state index contributed by atoms with van der Waals surface area (Å²) in [6, 6.07) is -0.133. The topological polar surface area (TPSA) is 74.2 Å². The Morgan fingerprint density at radius 1 is 1.14 bits per heavy atom. The fraction of sp³-hybridized carbons (Fsp3) is 0.533. The molecular weight excluding hydrogens is 412 g/mol. The van der Waals surface area contributed by atoms with Gasteiger partial charge in [0.2, 0.25) is 10.8 Å². The molecule has 6 nitrogen and oxygen atoms in total. The normalized spacial score (nSPS) is 18.5. The lowest BCUT2D eigenvalue weighted by atomic mass is 10.1. The first-order chi connectivity index (χ1) is 13.1. The maximum atomic E-state index is 13.2. The molecule has 0 aromatic carbocycles. The maximum absolute atomic E-state index is 13.2. The minimum absolute atomic E-state index is 0.0352. The highest BCUT2D eigenvalue weighted by Crippen LogP contribution is 2.42. The summed E-state index contributed by atoms with van der Waals surface area (Å²) in [6.45, 7) is 1.11. The Bertz CT molecular complexity index is 805. The van der Waals surface area contributed by atoms with E-state index in [1.807, 2.05) is 0 Å². The Kier molecular flexibility index (Phi) is 5.77. The van der Waals surface area contributed by atoms with Gasteiger partial charge < -0.3 is 15.3 Å². The van der Waals surface area contributed by atoms with E-state index in [4.69, 9.17) is 5.11 Å². The number of alkyl halides is 6. The number of aromatic nitrogens is 3. The highest BCUT2D eigenvalue weighted by molar-refractivity contribution is 7.16. The van der Waals surface area contributed by atoms with Gasteiger partial charge in [-0.3, -0.25) is 0 Å². The van der Waals surface area contributed by atoms with Gasteiger partial charge in [-0.25, -0.2) is 15.0 Å². The number of nitrogens with one attached hydrogen (secondary N) is 1. The molecule has 154 valence electrons. The van der Waals surface area contributed by atoms with Crippen molar-refractivity contribution in [3.05, 3.63) is 23.2 Å². The first kappa shape index (κ1) is 20.7. The lowest BCUT2D eigenvalue weighted by molar-refractivity contribution is -0.145. The molecule has 1 fully saturated rings. The average Bonchev–Trinajstić information content (AvgIpc) is 3.07. The van der Waals surface area contributed by atoms with Crippen molar-refractivity contribution in [2.45, 2.75) is 24.8 Å². The van der Waals surface area contributed by atoms with Crippen LogP contribution in [0.15, 0.2) is 12.4 Å².